The van der Waals surface area contributed by atoms with Crippen LogP contribution < -0.4 is 0 Å². The average Bonchev–Trinajstić information content (AvgIpc) is 3.33. The van der Waals surface area contributed by atoms with Crippen LogP contribution in [0.2, 0.25) is 0 Å². The fraction of sp³-hybridized carbons (Fsp3) is 0.304. The Morgan fingerprint density at radius 3 is 2.78 bits per heavy atom. The molecule has 1 atom stereocenters. The van der Waals surface area contributed by atoms with E-state index in [0.29, 0.717) is 30.3 Å². The van der Waals surface area contributed by atoms with Crippen molar-refractivity contribution < 1.29 is 22.4 Å². The van der Waals surface area contributed by atoms with Gasteiger partial charge in [-0.3, -0.25) is 4.79 Å². The quantitative estimate of drug-likeness (QED) is 0.394. The van der Waals surface area contributed by atoms with Crippen molar-refractivity contribution in [1.29, 1.82) is 0 Å². The first-order valence-electron chi connectivity index (χ1n) is 11.6. The molecule has 14 heteroatoms. The third-order valence-corrected chi connectivity index (χ3v) is 6.71. The van der Waals surface area contributed by atoms with Gasteiger partial charge in [-0.1, -0.05) is 6.07 Å². The largest absolute Gasteiger partial charge is 0.504 e. The Labute approximate surface area is 205 Å². The van der Waals surface area contributed by atoms with Gasteiger partial charge >= 0.3 is 18.1 Å². The summed E-state index contributed by atoms with van der Waals surface area (Å²) >= 11 is 0. The highest BCUT2D eigenvalue weighted by molar-refractivity contribution is 5.90. The zero-order valence-corrected chi connectivity index (χ0v) is 19.1. The maximum absolute atomic E-state index is 13.6. The lowest BCUT2D eigenvalue weighted by atomic mass is 9.99. The molecule has 1 aliphatic carbocycles. The first-order chi connectivity index (χ1) is 17.9. The number of hydrogen-bond donors (Lipinski definition) is 1. The number of pyridine rings is 1. The maximum atomic E-state index is 13.6. The molecule has 6 heterocycles. The SMILES string of the molecule is O=C(c1nnc(-c2ccn(C(F)(F)F)n2)o1)N1CCc2[nH]cnc2[C@@H]1c1cc2c(C3CC3)cccn2n1. The van der Waals surface area contributed by atoms with E-state index >= 15 is 0 Å². The summed E-state index contributed by atoms with van der Waals surface area (Å²) < 4.78 is 45.8. The molecule has 0 radical (unpaired) electrons. The minimum absolute atomic E-state index is 0.174. The number of H-pyrrole nitrogens is 1. The number of carbonyl (C=O) groups excluding carboxylic acids is 1. The van der Waals surface area contributed by atoms with Gasteiger partial charge < -0.3 is 14.3 Å². The topological polar surface area (TPSA) is 123 Å². The predicted octanol–water partition coefficient (Wildman–Crippen LogP) is 3.45. The van der Waals surface area contributed by atoms with E-state index < -0.39 is 18.2 Å². The molecular formula is C23H18F3N9O2. The Balaban J connectivity index is 1.25. The lowest BCUT2D eigenvalue weighted by Crippen LogP contribution is -2.41. The molecule has 1 amide bonds. The van der Waals surface area contributed by atoms with Gasteiger partial charge in [0, 0.05) is 31.1 Å². The van der Waals surface area contributed by atoms with Crippen LogP contribution in [0.3, 0.4) is 0 Å². The minimum atomic E-state index is -4.69. The monoisotopic (exact) mass is 509 g/mol. The van der Waals surface area contributed by atoms with Crippen LogP contribution in [0.1, 0.15) is 58.1 Å². The molecule has 0 spiro atoms. The van der Waals surface area contributed by atoms with Crippen molar-refractivity contribution in [2.45, 2.75) is 37.5 Å². The van der Waals surface area contributed by atoms with Crippen LogP contribution in [-0.4, -0.2) is 56.9 Å². The molecular weight excluding hydrogens is 491 g/mol. The van der Waals surface area contributed by atoms with E-state index in [4.69, 9.17) is 9.52 Å². The standard InChI is InChI=1S/C23H18F3N9O2/c24-23(25,26)35-9-6-15(32-35)20-29-30-21(37-20)22(36)33-8-5-14-18(28-11-27-14)19(33)16-10-17-13(12-3-4-12)2-1-7-34(17)31-16/h1-2,6-7,9-12,19H,3-5,8H2,(H,27,28)/t19-/m0/s1. The summed E-state index contributed by atoms with van der Waals surface area (Å²) in [5, 5.41) is 15.8. The van der Waals surface area contributed by atoms with E-state index in [9.17, 15) is 18.0 Å². The van der Waals surface area contributed by atoms with Gasteiger partial charge in [0.25, 0.3) is 5.89 Å². The zero-order valence-electron chi connectivity index (χ0n) is 19.1. The van der Waals surface area contributed by atoms with Crippen LogP contribution >= 0.6 is 0 Å². The molecule has 11 nitrogen and oxygen atoms in total. The maximum Gasteiger partial charge on any atom is 0.504 e. The van der Waals surface area contributed by atoms with Gasteiger partial charge in [-0.15, -0.1) is 23.4 Å². The van der Waals surface area contributed by atoms with E-state index in [1.54, 1.807) is 11.2 Å². The van der Waals surface area contributed by atoms with Crippen molar-refractivity contribution in [3.8, 4) is 11.6 Å². The van der Waals surface area contributed by atoms with Crippen molar-refractivity contribution in [3.63, 3.8) is 0 Å². The normalized spacial score (nSPS) is 17.9. The lowest BCUT2D eigenvalue weighted by molar-refractivity contribution is -0.212. The molecule has 0 bridgehead atoms. The van der Waals surface area contributed by atoms with Gasteiger partial charge in [0.15, 0.2) is 0 Å². The first kappa shape index (κ1) is 21.8. The smallest absolute Gasteiger partial charge is 0.411 e. The number of nitrogens with one attached hydrogen (secondary N) is 1. The van der Waals surface area contributed by atoms with Crippen molar-refractivity contribution >= 4 is 11.4 Å². The third kappa shape index (κ3) is 3.58. The van der Waals surface area contributed by atoms with Gasteiger partial charge in [0.1, 0.15) is 11.7 Å². The zero-order chi connectivity index (χ0) is 25.3. The second-order valence-electron chi connectivity index (χ2n) is 9.08. The summed E-state index contributed by atoms with van der Waals surface area (Å²) in [5.41, 5.74) is 4.21. The first-order valence-corrected chi connectivity index (χ1v) is 11.6. The van der Waals surface area contributed by atoms with Gasteiger partial charge in [-0.2, -0.15) is 14.9 Å². The molecule has 1 N–H and O–H groups in total. The molecule has 5 aromatic rings. The van der Waals surface area contributed by atoms with E-state index in [1.165, 1.54) is 5.56 Å². The van der Waals surface area contributed by atoms with E-state index in [0.717, 1.165) is 36.3 Å². The van der Waals surface area contributed by atoms with Gasteiger partial charge in [-0.05, 0) is 42.5 Å². The molecule has 1 saturated carbocycles. The highest BCUT2D eigenvalue weighted by Crippen LogP contribution is 2.43. The summed E-state index contributed by atoms with van der Waals surface area (Å²) in [6.07, 6.45) is 2.30. The van der Waals surface area contributed by atoms with Crippen LogP contribution in [-0.2, 0) is 12.7 Å². The molecule has 0 saturated heterocycles. The second kappa shape index (κ2) is 7.75. The van der Waals surface area contributed by atoms with Crippen LogP contribution in [0.15, 0.2) is 47.4 Å². The fourth-order valence-corrected chi connectivity index (χ4v) is 4.84. The lowest BCUT2D eigenvalue weighted by Gasteiger charge is -2.32. The van der Waals surface area contributed by atoms with Crippen molar-refractivity contribution in [2.75, 3.05) is 6.54 Å². The third-order valence-electron chi connectivity index (χ3n) is 6.71. The van der Waals surface area contributed by atoms with Gasteiger partial charge in [0.05, 0.1) is 23.2 Å². The van der Waals surface area contributed by atoms with E-state index in [2.05, 4.69) is 31.3 Å². The number of aromatic nitrogens is 8. The Kier molecular flexibility index (Phi) is 4.56. The molecule has 0 unspecified atom stereocenters. The van der Waals surface area contributed by atoms with Crippen LogP contribution in [0.4, 0.5) is 13.2 Å². The van der Waals surface area contributed by atoms with Gasteiger partial charge in [0.2, 0.25) is 0 Å². The highest BCUT2D eigenvalue weighted by atomic mass is 19.4. The highest BCUT2D eigenvalue weighted by Gasteiger charge is 2.39. The minimum Gasteiger partial charge on any atom is -0.411 e. The summed E-state index contributed by atoms with van der Waals surface area (Å²) in [6, 6.07) is 6.51. The van der Waals surface area contributed by atoms with Crippen molar-refractivity contribution in [1.82, 2.24) is 44.5 Å². The molecule has 5 aromatic heterocycles. The van der Waals surface area contributed by atoms with E-state index in [-0.39, 0.29) is 22.2 Å². The molecule has 188 valence electrons. The summed E-state index contributed by atoms with van der Waals surface area (Å²) in [6.45, 7) is 0.322. The molecule has 1 aliphatic heterocycles. The molecule has 1 fully saturated rings. The average molecular weight is 509 g/mol. The second-order valence-corrected chi connectivity index (χ2v) is 9.08. The van der Waals surface area contributed by atoms with Crippen molar-refractivity contribution in [3.05, 3.63) is 71.5 Å². The number of nitrogens with zero attached hydrogens (tertiary/aromatic N) is 8. The van der Waals surface area contributed by atoms with Gasteiger partial charge in [-0.25, -0.2) is 9.50 Å². The molecule has 7 rings (SSSR count). The Bertz CT molecular complexity index is 1640. The van der Waals surface area contributed by atoms with E-state index in [1.807, 2.05) is 22.8 Å². The van der Waals surface area contributed by atoms with Crippen molar-refractivity contribution in [2.24, 2.45) is 0 Å². The number of amides is 1. The number of rotatable bonds is 4. The number of fused-ring (bicyclic) bond motifs is 2. The summed E-state index contributed by atoms with van der Waals surface area (Å²) in [7, 11) is 0. The Morgan fingerprint density at radius 2 is 2.00 bits per heavy atom. The molecule has 37 heavy (non-hydrogen) atoms. The van der Waals surface area contributed by atoms with Crippen LogP contribution in [0, 0.1) is 0 Å². The fourth-order valence-electron chi connectivity index (χ4n) is 4.84. The van der Waals surface area contributed by atoms with Crippen LogP contribution in [0.5, 0.6) is 0 Å². The number of halogens is 3. The number of alkyl halides is 3. The Hall–Kier alpha value is -4.49. The molecule has 2 aliphatic rings. The predicted molar refractivity (Wildman–Crippen MR) is 119 cm³/mol. The number of aromatic amines is 1. The number of hydrogen-bond acceptors (Lipinski definition) is 7. The van der Waals surface area contributed by atoms with Crippen LogP contribution in [0.25, 0.3) is 17.1 Å². The molecule has 0 aromatic carbocycles. The summed E-state index contributed by atoms with van der Waals surface area (Å²) in [4.78, 5) is 22.7. The Morgan fingerprint density at radius 1 is 1.14 bits per heavy atom. The number of carbonyl (C=O) groups is 1. The summed E-state index contributed by atoms with van der Waals surface area (Å²) in [5.74, 6) is -0.715. The number of imidazole rings is 1.